The van der Waals surface area contributed by atoms with Gasteiger partial charge < -0.3 is 18.0 Å². The van der Waals surface area contributed by atoms with Crippen LogP contribution in [0.2, 0.25) is 0 Å². The quantitative estimate of drug-likeness (QED) is 0.665. The SMILES string of the molecule is O=C1C=CC(=O)OS2(CCN(CCCCOc3cc4n(n3)CCCC4)CC2)O1. The third-order valence-electron chi connectivity index (χ3n) is 5.27. The number of unbranched alkanes of at least 4 members (excludes halogenated alkanes) is 1. The van der Waals surface area contributed by atoms with Crippen LogP contribution < -0.4 is 4.74 Å². The molecular weight excluding hydrogens is 382 g/mol. The lowest BCUT2D eigenvalue weighted by atomic mass is 10.1. The summed E-state index contributed by atoms with van der Waals surface area (Å²) < 4.78 is 18.8. The lowest BCUT2D eigenvalue weighted by Gasteiger charge is -2.45. The molecule has 0 bridgehead atoms. The molecule has 154 valence electrons. The molecule has 8 nitrogen and oxygen atoms in total. The number of rotatable bonds is 6. The highest BCUT2D eigenvalue weighted by molar-refractivity contribution is 8.26. The maximum Gasteiger partial charge on any atom is 0.353 e. The van der Waals surface area contributed by atoms with Crippen molar-refractivity contribution in [3.63, 3.8) is 0 Å². The van der Waals surface area contributed by atoms with Crippen LogP contribution in [0.15, 0.2) is 18.2 Å². The molecule has 1 spiro atoms. The van der Waals surface area contributed by atoms with Crippen molar-refractivity contribution in [2.24, 2.45) is 0 Å². The molecule has 0 aliphatic carbocycles. The average Bonchev–Trinajstić information content (AvgIpc) is 3.04. The zero-order chi connectivity index (χ0) is 19.4. The van der Waals surface area contributed by atoms with E-state index in [1.165, 1.54) is 18.5 Å². The maximum absolute atomic E-state index is 11.7. The van der Waals surface area contributed by atoms with Crippen LogP contribution in [0.1, 0.15) is 31.4 Å². The maximum atomic E-state index is 11.7. The molecule has 4 heterocycles. The van der Waals surface area contributed by atoms with Gasteiger partial charge in [0.15, 0.2) is 0 Å². The Morgan fingerprint density at radius 3 is 2.50 bits per heavy atom. The van der Waals surface area contributed by atoms with Crippen molar-refractivity contribution < 1.29 is 22.7 Å². The van der Waals surface area contributed by atoms with Crippen LogP contribution in [-0.2, 0) is 30.9 Å². The Kier molecular flexibility index (Phi) is 5.91. The summed E-state index contributed by atoms with van der Waals surface area (Å²) in [6.07, 6.45) is 7.80. The van der Waals surface area contributed by atoms with E-state index in [0.29, 0.717) is 18.1 Å². The Balaban J connectivity index is 1.14. The van der Waals surface area contributed by atoms with E-state index in [9.17, 15) is 9.59 Å². The monoisotopic (exact) mass is 409 g/mol. The van der Waals surface area contributed by atoms with Crippen LogP contribution in [0.3, 0.4) is 0 Å². The van der Waals surface area contributed by atoms with Crippen LogP contribution in [0.5, 0.6) is 5.88 Å². The van der Waals surface area contributed by atoms with E-state index in [1.54, 1.807) is 0 Å². The number of nitrogens with zero attached hydrogens (tertiary/aromatic N) is 3. The average molecular weight is 410 g/mol. The summed E-state index contributed by atoms with van der Waals surface area (Å²) in [5.74, 6) is 0.956. The van der Waals surface area contributed by atoms with E-state index in [4.69, 9.17) is 13.1 Å². The molecule has 0 N–H and O–H groups in total. The highest BCUT2D eigenvalue weighted by atomic mass is 32.3. The van der Waals surface area contributed by atoms with Gasteiger partial charge >= 0.3 is 11.9 Å². The molecule has 1 fully saturated rings. The van der Waals surface area contributed by atoms with Crippen molar-refractivity contribution in [1.82, 2.24) is 14.7 Å². The van der Waals surface area contributed by atoms with Crippen molar-refractivity contribution in [2.75, 3.05) is 37.7 Å². The second-order valence-corrected chi connectivity index (χ2v) is 9.98. The van der Waals surface area contributed by atoms with Gasteiger partial charge in [0.1, 0.15) is 0 Å². The van der Waals surface area contributed by atoms with E-state index >= 15 is 0 Å². The number of fused-ring (bicyclic) bond motifs is 1. The lowest BCUT2D eigenvalue weighted by molar-refractivity contribution is -0.129. The highest BCUT2D eigenvalue weighted by Gasteiger charge is 2.34. The zero-order valence-corrected chi connectivity index (χ0v) is 16.8. The Morgan fingerprint density at radius 2 is 1.79 bits per heavy atom. The van der Waals surface area contributed by atoms with Gasteiger partial charge in [-0.15, -0.1) is 15.7 Å². The molecule has 0 unspecified atom stereocenters. The third-order valence-corrected chi connectivity index (χ3v) is 7.82. The van der Waals surface area contributed by atoms with Gasteiger partial charge in [-0.3, -0.25) is 4.68 Å². The summed E-state index contributed by atoms with van der Waals surface area (Å²) in [5.41, 5.74) is 1.28. The van der Waals surface area contributed by atoms with Crippen molar-refractivity contribution in [3.05, 3.63) is 23.9 Å². The van der Waals surface area contributed by atoms with Gasteiger partial charge in [-0.25, -0.2) is 9.59 Å². The standard InChI is InChI=1S/C19H27N3O5S/c23-18-6-7-19(24)27-28(26-18)13-10-21(11-14-28)8-3-4-12-25-17-15-16-5-1-2-9-22(16)20-17/h6-7,15H,1-5,8-14H2. The summed E-state index contributed by atoms with van der Waals surface area (Å²) >= 11 is 0. The van der Waals surface area contributed by atoms with Crippen LogP contribution in [0.4, 0.5) is 0 Å². The molecule has 1 aromatic rings. The van der Waals surface area contributed by atoms with E-state index in [0.717, 1.165) is 63.5 Å². The Labute approximate surface area is 166 Å². The van der Waals surface area contributed by atoms with Gasteiger partial charge in [-0.2, -0.15) is 0 Å². The molecule has 0 amide bonds. The molecule has 3 aliphatic heterocycles. The first-order valence-electron chi connectivity index (χ1n) is 9.97. The minimum atomic E-state index is -2.08. The zero-order valence-electron chi connectivity index (χ0n) is 16.0. The number of hydrogen-bond acceptors (Lipinski definition) is 7. The lowest BCUT2D eigenvalue weighted by Crippen LogP contribution is -2.41. The number of carbonyl (C=O) groups excluding carboxylic acids is 2. The Morgan fingerprint density at radius 1 is 1.04 bits per heavy atom. The minimum Gasteiger partial charge on any atom is -0.477 e. The van der Waals surface area contributed by atoms with E-state index in [1.807, 2.05) is 0 Å². The smallest absolute Gasteiger partial charge is 0.353 e. The number of carbonyl (C=O) groups is 2. The van der Waals surface area contributed by atoms with E-state index in [-0.39, 0.29) is 0 Å². The molecule has 9 heteroatoms. The fourth-order valence-corrected chi connectivity index (χ4v) is 6.08. The van der Waals surface area contributed by atoms with Crippen molar-refractivity contribution >= 4 is 22.5 Å². The molecule has 0 saturated carbocycles. The molecule has 28 heavy (non-hydrogen) atoms. The van der Waals surface area contributed by atoms with Crippen molar-refractivity contribution in [1.29, 1.82) is 0 Å². The van der Waals surface area contributed by atoms with Crippen molar-refractivity contribution in [2.45, 2.75) is 38.6 Å². The van der Waals surface area contributed by atoms with Crippen molar-refractivity contribution in [3.8, 4) is 5.88 Å². The first kappa shape index (κ1) is 19.3. The first-order chi connectivity index (χ1) is 13.6. The highest BCUT2D eigenvalue weighted by Crippen LogP contribution is 2.53. The predicted molar refractivity (Wildman–Crippen MR) is 105 cm³/mol. The molecule has 1 saturated heterocycles. The fraction of sp³-hybridized carbons (Fsp3) is 0.632. The minimum absolute atomic E-state index is 0.479. The molecule has 4 rings (SSSR count). The van der Waals surface area contributed by atoms with E-state index in [2.05, 4.69) is 20.7 Å². The summed E-state index contributed by atoms with van der Waals surface area (Å²) in [6.45, 7) is 4.16. The van der Waals surface area contributed by atoms with Crippen LogP contribution in [-0.4, -0.2) is 64.4 Å². The molecule has 3 aliphatic rings. The molecule has 0 radical (unpaired) electrons. The number of aromatic nitrogens is 2. The van der Waals surface area contributed by atoms with Gasteiger partial charge in [0.2, 0.25) is 5.88 Å². The fourth-order valence-electron chi connectivity index (χ4n) is 3.72. The molecule has 1 aromatic heterocycles. The van der Waals surface area contributed by atoms with Gasteiger partial charge in [0.25, 0.3) is 0 Å². The third kappa shape index (κ3) is 4.70. The molecule has 0 aromatic carbocycles. The van der Waals surface area contributed by atoms with Crippen LogP contribution >= 0.6 is 10.6 Å². The predicted octanol–water partition coefficient (Wildman–Crippen LogP) is 1.98. The number of hydrogen-bond donors (Lipinski definition) is 0. The summed E-state index contributed by atoms with van der Waals surface area (Å²) in [4.78, 5) is 25.6. The Hall–Kier alpha value is -2.00. The molecule has 0 atom stereocenters. The van der Waals surface area contributed by atoms with Crippen LogP contribution in [0.25, 0.3) is 0 Å². The first-order valence-corrected chi connectivity index (χ1v) is 11.8. The summed E-state index contributed by atoms with van der Waals surface area (Å²) in [6, 6.07) is 2.07. The van der Waals surface area contributed by atoms with E-state index < -0.39 is 22.5 Å². The summed E-state index contributed by atoms with van der Waals surface area (Å²) in [7, 11) is -2.08. The van der Waals surface area contributed by atoms with Crippen LogP contribution in [0, 0.1) is 0 Å². The number of aryl methyl sites for hydroxylation is 2. The number of ether oxygens (including phenoxy) is 1. The topological polar surface area (TPSA) is 82.9 Å². The molecular formula is C19H27N3O5S. The normalized spacial score (nSPS) is 22.9. The van der Waals surface area contributed by atoms with Gasteiger partial charge in [0.05, 0.1) is 18.1 Å². The second kappa shape index (κ2) is 8.57. The second-order valence-electron chi connectivity index (χ2n) is 7.34. The van der Waals surface area contributed by atoms with Gasteiger partial charge in [-0.05, 0) is 38.6 Å². The largest absolute Gasteiger partial charge is 0.477 e. The van der Waals surface area contributed by atoms with Gasteiger partial charge in [0, 0.05) is 43.5 Å². The Bertz CT molecular complexity index is 709. The summed E-state index contributed by atoms with van der Waals surface area (Å²) in [5, 5.41) is 4.51. The van der Waals surface area contributed by atoms with Gasteiger partial charge in [-0.1, -0.05) is 0 Å².